The summed E-state index contributed by atoms with van der Waals surface area (Å²) in [7, 11) is 0. The van der Waals surface area contributed by atoms with E-state index in [2.05, 4.69) is 6.92 Å². The van der Waals surface area contributed by atoms with E-state index >= 15 is 0 Å². The summed E-state index contributed by atoms with van der Waals surface area (Å²) in [4.78, 5) is 26.7. The van der Waals surface area contributed by atoms with Crippen molar-refractivity contribution in [2.24, 2.45) is 0 Å². The predicted octanol–water partition coefficient (Wildman–Crippen LogP) is 3.10. The molecule has 0 spiro atoms. The summed E-state index contributed by atoms with van der Waals surface area (Å²) >= 11 is 0. The zero-order valence-corrected chi connectivity index (χ0v) is 14.8. The molecule has 2 heterocycles. The fraction of sp³-hybridized carbons (Fsp3) is 0.500. The largest absolute Gasteiger partial charge is 0.503 e. The fourth-order valence-electron chi connectivity index (χ4n) is 3.61. The molecular formula is C20H25NO4. The van der Waals surface area contributed by atoms with Crippen LogP contribution in [-0.2, 0) is 20.7 Å². The van der Waals surface area contributed by atoms with Crippen LogP contribution in [0.2, 0.25) is 0 Å². The monoisotopic (exact) mass is 343 g/mol. The molecule has 1 N–H and O–H groups in total. The third kappa shape index (κ3) is 3.33. The van der Waals surface area contributed by atoms with Crippen molar-refractivity contribution in [3.63, 3.8) is 0 Å². The number of ketones is 1. The molecule has 2 aliphatic rings. The van der Waals surface area contributed by atoms with Crippen LogP contribution in [0.4, 0.5) is 0 Å². The van der Waals surface area contributed by atoms with Gasteiger partial charge in [0.15, 0.2) is 11.5 Å². The highest BCUT2D eigenvalue weighted by molar-refractivity contribution is 6.08. The van der Waals surface area contributed by atoms with E-state index in [0.717, 1.165) is 24.8 Å². The molecule has 2 aliphatic heterocycles. The van der Waals surface area contributed by atoms with Crippen LogP contribution >= 0.6 is 0 Å². The molecule has 1 amide bonds. The Bertz CT molecular complexity index is 686. The Kier molecular flexibility index (Phi) is 5.23. The molecule has 5 nitrogen and oxygen atoms in total. The van der Waals surface area contributed by atoms with Crippen molar-refractivity contribution in [2.45, 2.75) is 51.7 Å². The minimum Gasteiger partial charge on any atom is -0.503 e. The summed E-state index contributed by atoms with van der Waals surface area (Å²) in [6.45, 7) is 4.91. The van der Waals surface area contributed by atoms with Gasteiger partial charge in [-0.1, -0.05) is 38.1 Å². The minimum absolute atomic E-state index is 0.0368. The van der Waals surface area contributed by atoms with E-state index in [9.17, 15) is 14.7 Å². The van der Waals surface area contributed by atoms with Gasteiger partial charge in [0.1, 0.15) is 0 Å². The van der Waals surface area contributed by atoms with Gasteiger partial charge in [-0.15, -0.1) is 0 Å². The molecule has 0 radical (unpaired) electrons. The lowest BCUT2D eigenvalue weighted by Gasteiger charge is -2.29. The Morgan fingerprint density at radius 3 is 2.56 bits per heavy atom. The summed E-state index contributed by atoms with van der Waals surface area (Å²) in [5.41, 5.74) is 2.26. The van der Waals surface area contributed by atoms with Gasteiger partial charge >= 0.3 is 0 Å². The standard InChI is InChI=1S/C20H25NO4/c1-3-13-7-9-14(10-8-13)18-17(16(22)4-2)19(23)20(24)21(18)12-15-6-5-11-25-15/h7-10,15,18,23H,3-6,11-12H2,1-2H3. The van der Waals surface area contributed by atoms with E-state index in [1.54, 1.807) is 11.8 Å². The van der Waals surface area contributed by atoms with Gasteiger partial charge in [-0.2, -0.15) is 0 Å². The van der Waals surface area contributed by atoms with Gasteiger partial charge in [-0.3, -0.25) is 9.59 Å². The first-order valence-electron chi connectivity index (χ1n) is 9.04. The van der Waals surface area contributed by atoms with E-state index in [1.807, 2.05) is 24.3 Å². The molecule has 1 aromatic carbocycles. The Balaban J connectivity index is 1.98. The predicted molar refractivity (Wildman–Crippen MR) is 94.2 cm³/mol. The Morgan fingerprint density at radius 2 is 2.00 bits per heavy atom. The van der Waals surface area contributed by atoms with E-state index < -0.39 is 17.7 Å². The number of aliphatic hydroxyl groups is 1. The van der Waals surface area contributed by atoms with Crippen LogP contribution in [0.3, 0.4) is 0 Å². The molecule has 1 fully saturated rings. The van der Waals surface area contributed by atoms with E-state index in [4.69, 9.17) is 4.74 Å². The maximum Gasteiger partial charge on any atom is 0.290 e. The number of benzene rings is 1. The Hall–Kier alpha value is -2.14. The molecule has 0 bridgehead atoms. The third-order valence-corrected chi connectivity index (χ3v) is 5.05. The lowest BCUT2D eigenvalue weighted by atomic mass is 9.94. The van der Waals surface area contributed by atoms with Crippen molar-refractivity contribution in [2.75, 3.05) is 13.2 Å². The maximum absolute atomic E-state index is 12.6. The van der Waals surface area contributed by atoms with Crippen molar-refractivity contribution >= 4 is 11.7 Å². The molecule has 2 unspecified atom stereocenters. The molecule has 5 heteroatoms. The van der Waals surface area contributed by atoms with Crippen LogP contribution in [0.25, 0.3) is 0 Å². The number of aliphatic hydroxyl groups excluding tert-OH is 1. The van der Waals surface area contributed by atoms with Crippen LogP contribution in [0.5, 0.6) is 0 Å². The highest BCUT2D eigenvalue weighted by Gasteiger charge is 2.43. The summed E-state index contributed by atoms with van der Waals surface area (Å²) in [6.07, 6.45) is 3.01. The molecule has 1 aromatic rings. The van der Waals surface area contributed by atoms with Crippen LogP contribution in [0.1, 0.15) is 50.3 Å². The summed E-state index contributed by atoms with van der Waals surface area (Å²) < 4.78 is 5.66. The Morgan fingerprint density at radius 1 is 1.28 bits per heavy atom. The van der Waals surface area contributed by atoms with Gasteiger partial charge in [-0.25, -0.2) is 0 Å². The van der Waals surface area contributed by atoms with Crippen molar-refractivity contribution in [1.82, 2.24) is 4.90 Å². The fourth-order valence-corrected chi connectivity index (χ4v) is 3.61. The van der Waals surface area contributed by atoms with Gasteiger partial charge in [0.25, 0.3) is 5.91 Å². The molecule has 3 rings (SSSR count). The zero-order chi connectivity index (χ0) is 18.0. The summed E-state index contributed by atoms with van der Waals surface area (Å²) in [5, 5.41) is 10.4. The molecule has 134 valence electrons. The Labute approximate surface area is 148 Å². The molecule has 0 saturated carbocycles. The first-order valence-corrected chi connectivity index (χ1v) is 9.04. The smallest absolute Gasteiger partial charge is 0.290 e. The van der Waals surface area contributed by atoms with Crippen molar-refractivity contribution < 1.29 is 19.4 Å². The van der Waals surface area contributed by atoms with Crippen molar-refractivity contribution in [3.8, 4) is 0 Å². The molecule has 25 heavy (non-hydrogen) atoms. The molecule has 1 saturated heterocycles. The van der Waals surface area contributed by atoms with Crippen molar-refractivity contribution in [3.05, 3.63) is 46.7 Å². The first-order chi connectivity index (χ1) is 12.1. The van der Waals surface area contributed by atoms with Crippen LogP contribution in [0, 0.1) is 0 Å². The van der Waals surface area contributed by atoms with Crippen LogP contribution in [-0.4, -0.2) is 41.0 Å². The quantitative estimate of drug-likeness (QED) is 0.862. The average molecular weight is 343 g/mol. The van der Waals surface area contributed by atoms with Crippen LogP contribution < -0.4 is 0 Å². The number of carbonyl (C=O) groups is 2. The van der Waals surface area contributed by atoms with Gasteiger partial charge in [-0.05, 0) is 30.4 Å². The second kappa shape index (κ2) is 7.40. The number of aryl methyl sites for hydroxylation is 1. The highest BCUT2D eigenvalue weighted by Crippen LogP contribution is 2.39. The summed E-state index contributed by atoms with van der Waals surface area (Å²) in [6, 6.07) is 7.37. The number of amides is 1. The lowest BCUT2D eigenvalue weighted by molar-refractivity contribution is -0.131. The molecule has 0 aliphatic carbocycles. The third-order valence-electron chi connectivity index (χ3n) is 5.05. The van der Waals surface area contributed by atoms with E-state index in [-0.39, 0.29) is 23.9 Å². The van der Waals surface area contributed by atoms with Gasteiger partial charge in [0, 0.05) is 19.6 Å². The topological polar surface area (TPSA) is 66.8 Å². The number of rotatable bonds is 6. The van der Waals surface area contributed by atoms with E-state index in [1.165, 1.54) is 5.56 Å². The van der Waals surface area contributed by atoms with Gasteiger partial charge in [0.05, 0.1) is 17.7 Å². The maximum atomic E-state index is 12.6. The normalized spacial score (nSPS) is 23.6. The highest BCUT2D eigenvalue weighted by atomic mass is 16.5. The number of nitrogens with zero attached hydrogens (tertiary/aromatic N) is 1. The number of carbonyl (C=O) groups excluding carboxylic acids is 2. The van der Waals surface area contributed by atoms with Crippen molar-refractivity contribution in [1.29, 1.82) is 0 Å². The van der Waals surface area contributed by atoms with Gasteiger partial charge < -0.3 is 14.7 Å². The molecule has 2 atom stereocenters. The SMILES string of the molecule is CCC(=O)C1=C(O)C(=O)N(CC2CCCO2)C1c1ccc(CC)cc1. The lowest BCUT2D eigenvalue weighted by Crippen LogP contribution is -2.37. The number of hydrogen-bond donors (Lipinski definition) is 1. The second-order valence-electron chi connectivity index (χ2n) is 6.63. The number of hydrogen-bond acceptors (Lipinski definition) is 4. The zero-order valence-electron chi connectivity index (χ0n) is 14.8. The molecular weight excluding hydrogens is 318 g/mol. The number of Topliss-reactive ketones (excluding diaryl/α,β-unsaturated/α-hetero) is 1. The molecule has 0 aromatic heterocycles. The minimum atomic E-state index is -0.532. The van der Waals surface area contributed by atoms with Gasteiger partial charge in [0.2, 0.25) is 0 Å². The summed E-state index contributed by atoms with van der Waals surface area (Å²) in [5.74, 6) is -1.07. The number of ether oxygens (including phenoxy) is 1. The second-order valence-corrected chi connectivity index (χ2v) is 6.63. The van der Waals surface area contributed by atoms with E-state index in [0.29, 0.717) is 13.2 Å². The first kappa shape index (κ1) is 17.7. The average Bonchev–Trinajstić information content (AvgIpc) is 3.23. The van der Waals surface area contributed by atoms with Crippen LogP contribution in [0.15, 0.2) is 35.6 Å².